The number of nitrogens with one attached hydrogen (secondary N) is 1. The van der Waals surface area contributed by atoms with Gasteiger partial charge < -0.3 is 10.1 Å². The standard InChI is InChI=1S/C23H20ClNO3S/c1-2-28-23(27)19-14-17(12-13-20(19)24)25-22(26)18-10-6-7-11-21(18)29-15-16-8-4-3-5-9-16/h3-14H,2,15H2,1H3,(H,25,26). The average Bonchev–Trinajstić information content (AvgIpc) is 2.74. The smallest absolute Gasteiger partial charge is 0.339 e. The predicted octanol–water partition coefficient (Wildman–Crippen LogP) is 6.06. The van der Waals surface area contributed by atoms with Crippen molar-refractivity contribution in [3.8, 4) is 0 Å². The molecule has 3 aromatic rings. The van der Waals surface area contributed by atoms with Gasteiger partial charge in [0.15, 0.2) is 0 Å². The molecule has 148 valence electrons. The second kappa shape index (κ2) is 10.1. The molecule has 3 rings (SSSR count). The summed E-state index contributed by atoms with van der Waals surface area (Å²) in [5, 5.41) is 3.12. The number of esters is 1. The highest BCUT2D eigenvalue weighted by Crippen LogP contribution is 2.28. The van der Waals surface area contributed by atoms with Crippen molar-refractivity contribution >= 4 is 40.9 Å². The number of amides is 1. The predicted molar refractivity (Wildman–Crippen MR) is 118 cm³/mol. The van der Waals surface area contributed by atoms with E-state index in [9.17, 15) is 9.59 Å². The number of hydrogen-bond acceptors (Lipinski definition) is 4. The van der Waals surface area contributed by atoms with E-state index in [0.717, 1.165) is 10.6 Å². The summed E-state index contributed by atoms with van der Waals surface area (Å²) < 4.78 is 5.01. The minimum Gasteiger partial charge on any atom is -0.462 e. The second-order valence-corrected chi connectivity index (χ2v) is 7.56. The van der Waals surface area contributed by atoms with Gasteiger partial charge in [0, 0.05) is 16.3 Å². The van der Waals surface area contributed by atoms with E-state index in [4.69, 9.17) is 16.3 Å². The fourth-order valence-electron chi connectivity index (χ4n) is 2.68. The lowest BCUT2D eigenvalue weighted by Gasteiger charge is -2.11. The molecule has 0 saturated carbocycles. The first-order chi connectivity index (χ1) is 14.1. The molecule has 3 aromatic carbocycles. The van der Waals surface area contributed by atoms with E-state index in [1.165, 1.54) is 11.6 Å². The summed E-state index contributed by atoms with van der Waals surface area (Å²) in [5.74, 6) is -0.00951. The van der Waals surface area contributed by atoms with Gasteiger partial charge in [-0.1, -0.05) is 54.1 Å². The molecule has 0 unspecified atom stereocenters. The molecule has 0 radical (unpaired) electrons. The van der Waals surface area contributed by atoms with Gasteiger partial charge in [-0.3, -0.25) is 4.79 Å². The van der Waals surface area contributed by atoms with E-state index in [1.54, 1.807) is 36.9 Å². The molecule has 0 aromatic heterocycles. The van der Waals surface area contributed by atoms with Crippen LogP contribution in [0.25, 0.3) is 0 Å². The van der Waals surface area contributed by atoms with Crippen LogP contribution in [0.5, 0.6) is 0 Å². The van der Waals surface area contributed by atoms with Crippen molar-refractivity contribution in [1.29, 1.82) is 0 Å². The molecule has 4 nitrogen and oxygen atoms in total. The van der Waals surface area contributed by atoms with Gasteiger partial charge in [0.05, 0.1) is 22.8 Å². The number of rotatable bonds is 7. The Morgan fingerprint density at radius 3 is 2.45 bits per heavy atom. The Hall–Kier alpha value is -2.76. The van der Waals surface area contributed by atoms with Gasteiger partial charge in [-0.2, -0.15) is 0 Å². The zero-order valence-electron chi connectivity index (χ0n) is 15.9. The molecule has 1 amide bonds. The molecule has 0 spiro atoms. The molecule has 0 saturated heterocycles. The minimum atomic E-state index is -0.521. The summed E-state index contributed by atoms with van der Waals surface area (Å²) in [6.07, 6.45) is 0. The highest BCUT2D eigenvalue weighted by atomic mass is 35.5. The van der Waals surface area contributed by atoms with Crippen molar-refractivity contribution in [2.24, 2.45) is 0 Å². The third-order valence-corrected chi connectivity index (χ3v) is 5.56. The van der Waals surface area contributed by atoms with Crippen molar-refractivity contribution in [1.82, 2.24) is 0 Å². The number of benzene rings is 3. The molecular weight excluding hydrogens is 406 g/mol. The SMILES string of the molecule is CCOC(=O)c1cc(NC(=O)c2ccccc2SCc2ccccc2)ccc1Cl. The number of hydrogen-bond donors (Lipinski definition) is 1. The van der Waals surface area contributed by atoms with Crippen LogP contribution in [0.3, 0.4) is 0 Å². The summed E-state index contributed by atoms with van der Waals surface area (Å²) in [7, 11) is 0. The van der Waals surface area contributed by atoms with Crippen LogP contribution in [-0.4, -0.2) is 18.5 Å². The number of ether oxygens (including phenoxy) is 1. The molecular formula is C23H20ClNO3S. The van der Waals surface area contributed by atoms with Crippen LogP contribution in [0, 0.1) is 0 Å². The molecule has 0 atom stereocenters. The summed E-state index contributed by atoms with van der Waals surface area (Å²) in [5.41, 5.74) is 2.45. The number of halogens is 1. The first-order valence-corrected chi connectivity index (χ1v) is 10.5. The normalized spacial score (nSPS) is 10.4. The van der Waals surface area contributed by atoms with Crippen LogP contribution in [0.1, 0.15) is 33.2 Å². The van der Waals surface area contributed by atoms with Crippen LogP contribution in [-0.2, 0) is 10.5 Å². The number of thioether (sulfide) groups is 1. The van der Waals surface area contributed by atoms with Crippen molar-refractivity contribution < 1.29 is 14.3 Å². The lowest BCUT2D eigenvalue weighted by molar-refractivity contribution is 0.0526. The van der Waals surface area contributed by atoms with Crippen molar-refractivity contribution in [3.05, 3.63) is 94.5 Å². The van der Waals surface area contributed by atoms with Crippen LogP contribution in [0.2, 0.25) is 5.02 Å². The first kappa shape index (κ1) is 21.0. The van der Waals surface area contributed by atoms with Crippen LogP contribution in [0.4, 0.5) is 5.69 Å². The Kier molecular flexibility index (Phi) is 7.33. The van der Waals surface area contributed by atoms with Gasteiger partial charge in [0.2, 0.25) is 0 Å². The number of carbonyl (C=O) groups excluding carboxylic acids is 2. The summed E-state index contributed by atoms with van der Waals surface area (Å²) >= 11 is 7.69. The largest absolute Gasteiger partial charge is 0.462 e. The summed E-state index contributed by atoms with van der Waals surface area (Å²) in [4.78, 5) is 25.8. The monoisotopic (exact) mass is 425 g/mol. The van der Waals surface area contributed by atoms with Gasteiger partial charge >= 0.3 is 5.97 Å². The highest BCUT2D eigenvalue weighted by Gasteiger charge is 2.15. The molecule has 0 aliphatic carbocycles. The Bertz CT molecular complexity index is 1010. The quantitative estimate of drug-likeness (QED) is 0.369. The van der Waals surface area contributed by atoms with Crippen LogP contribution < -0.4 is 5.32 Å². The third kappa shape index (κ3) is 5.62. The molecule has 0 aliphatic heterocycles. The fraction of sp³-hybridized carbons (Fsp3) is 0.130. The van der Waals surface area contributed by atoms with Gasteiger partial charge in [-0.15, -0.1) is 11.8 Å². The molecule has 0 aliphatic rings. The van der Waals surface area contributed by atoms with Gasteiger partial charge in [0.1, 0.15) is 0 Å². The molecule has 29 heavy (non-hydrogen) atoms. The average molecular weight is 426 g/mol. The lowest BCUT2D eigenvalue weighted by atomic mass is 10.1. The molecule has 6 heteroatoms. The van der Waals surface area contributed by atoms with Gasteiger partial charge in [0.25, 0.3) is 5.91 Å². The maximum Gasteiger partial charge on any atom is 0.339 e. The number of anilines is 1. The molecule has 0 bridgehead atoms. The zero-order chi connectivity index (χ0) is 20.6. The van der Waals surface area contributed by atoms with Gasteiger partial charge in [-0.05, 0) is 42.8 Å². The van der Waals surface area contributed by atoms with E-state index in [0.29, 0.717) is 11.3 Å². The lowest BCUT2D eigenvalue weighted by Crippen LogP contribution is -2.14. The Labute approximate surface area is 179 Å². The minimum absolute atomic E-state index is 0.220. The van der Waals surface area contributed by atoms with E-state index >= 15 is 0 Å². The number of carbonyl (C=O) groups is 2. The topological polar surface area (TPSA) is 55.4 Å². The van der Waals surface area contributed by atoms with E-state index in [2.05, 4.69) is 17.4 Å². The maximum absolute atomic E-state index is 12.9. The molecule has 0 heterocycles. The van der Waals surface area contributed by atoms with Crippen LogP contribution in [0.15, 0.2) is 77.7 Å². The third-order valence-electron chi connectivity index (χ3n) is 4.09. The second-order valence-electron chi connectivity index (χ2n) is 6.14. The van der Waals surface area contributed by atoms with E-state index < -0.39 is 5.97 Å². The van der Waals surface area contributed by atoms with E-state index in [1.807, 2.05) is 36.4 Å². The Balaban J connectivity index is 1.76. The van der Waals surface area contributed by atoms with Crippen molar-refractivity contribution in [2.45, 2.75) is 17.6 Å². The maximum atomic E-state index is 12.9. The highest BCUT2D eigenvalue weighted by molar-refractivity contribution is 7.98. The van der Waals surface area contributed by atoms with Crippen molar-refractivity contribution in [2.75, 3.05) is 11.9 Å². The van der Waals surface area contributed by atoms with Gasteiger partial charge in [-0.25, -0.2) is 4.79 Å². The summed E-state index contributed by atoms with van der Waals surface area (Å²) in [6, 6.07) is 22.3. The Morgan fingerprint density at radius 1 is 0.966 bits per heavy atom. The Morgan fingerprint density at radius 2 is 1.69 bits per heavy atom. The fourth-order valence-corrected chi connectivity index (χ4v) is 3.88. The summed E-state index contributed by atoms with van der Waals surface area (Å²) in [6.45, 7) is 1.97. The van der Waals surface area contributed by atoms with Crippen LogP contribution >= 0.6 is 23.4 Å². The molecule has 0 fully saturated rings. The van der Waals surface area contributed by atoms with E-state index in [-0.39, 0.29) is 23.1 Å². The first-order valence-electron chi connectivity index (χ1n) is 9.12. The van der Waals surface area contributed by atoms with Crippen molar-refractivity contribution in [3.63, 3.8) is 0 Å². The molecule has 1 N–H and O–H groups in total. The zero-order valence-corrected chi connectivity index (χ0v) is 17.4.